The van der Waals surface area contributed by atoms with Crippen LogP contribution >= 0.6 is 15.9 Å². The third-order valence-electron chi connectivity index (χ3n) is 5.31. The van der Waals surface area contributed by atoms with Crippen LogP contribution in [-0.4, -0.2) is 17.7 Å². The molecule has 0 saturated carbocycles. The molecule has 2 aliphatic rings. The maximum absolute atomic E-state index is 13.0. The first-order valence-corrected chi connectivity index (χ1v) is 9.94. The lowest BCUT2D eigenvalue weighted by Gasteiger charge is -2.19. The van der Waals surface area contributed by atoms with Crippen LogP contribution in [0.4, 0.5) is 11.4 Å². The van der Waals surface area contributed by atoms with E-state index >= 15 is 0 Å². The molecule has 0 spiro atoms. The van der Waals surface area contributed by atoms with Crippen molar-refractivity contribution in [1.82, 2.24) is 0 Å². The summed E-state index contributed by atoms with van der Waals surface area (Å²) in [4.78, 5) is 40.1. The van der Waals surface area contributed by atoms with Crippen molar-refractivity contribution in [3.8, 4) is 0 Å². The van der Waals surface area contributed by atoms with Crippen LogP contribution in [-0.2, 0) is 9.59 Å². The number of nitrogens with one attached hydrogen (secondary N) is 1. The Morgan fingerprint density at radius 3 is 2.46 bits per heavy atom. The van der Waals surface area contributed by atoms with Crippen molar-refractivity contribution in [2.24, 2.45) is 11.8 Å². The molecule has 1 N–H and O–H groups in total. The Hall–Kier alpha value is -2.73. The van der Waals surface area contributed by atoms with Gasteiger partial charge in [0.25, 0.3) is 5.91 Å². The van der Waals surface area contributed by atoms with Gasteiger partial charge in [0.1, 0.15) is 0 Å². The molecule has 28 heavy (non-hydrogen) atoms. The molecule has 3 amide bonds. The second-order valence-corrected chi connectivity index (χ2v) is 8.11. The number of para-hydroxylation sites is 1. The average molecular weight is 439 g/mol. The third kappa shape index (κ3) is 3.29. The highest BCUT2D eigenvalue weighted by molar-refractivity contribution is 9.10. The van der Waals surface area contributed by atoms with Crippen LogP contribution in [0.25, 0.3) is 0 Å². The number of nitrogens with zero attached hydrogens (tertiary/aromatic N) is 1. The number of fused-ring (bicyclic) bond motifs is 1. The highest BCUT2D eigenvalue weighted by Crippen LogP contribution is 2.40. The van der Waals surface area contributed by atoms with E-state index in [2.05, 4.69) is 21.2 Å². The molecule has 0 unspecified atom stereocenters. The molecule has 2 atom stereocenters. The molecule has 0 bridgehead atoms. The van der Waals surface area contributed by atoms with E-state index in [-0.39, 0.29) is 29.6 Å². The van der Waals surface area contributed by atoms with Crippen molar-refractivity contribution in [1.29, 1.82) is 0 Å². The summed E-state index contributed by atoms with van der Waals surface area (Å²) >= 11 is 3.36. The second kappa shape index (κ2) is 7.36. The second-order valence-electron chi connectivity index (χ2n) is 7.19. The monoisotopic (exact) mass is 438 g/mol. The van der Waals surface area contributed by atoms with E-state index in [4.69, 9.17) is 0 Å². The Labute approximate surface area is 171 Å². The van der Waals surface area contributed by atoms with Gasteiger partial charge in [-0.1, -0.05) is 39.7 Å². The quantitative estimate of drug-likeness (QED) is 0.564. The number of hydrogen-bond donors (Lipinski definition) is 1. The number of hydrogen-bond acceptors (Lipinski definition) is 3. The fourth-order valence-electron chi connectivity index (χ4n) is 3.87. The number of halogens is 1. The van der Waals surface area contributed by atoms with E-state index in [0.29, 0.717) is 29.8 Å². The van der Waals surface area contributed by atoms with Gasteiger partial charge in [0.05, 0.1) is 23.1 Å². The van der Waals surface area contributed by atoms with E-state index < -0.39 is 0 Å². The lowest BCUT2D eigenvalue weighted by Crippen LogP contribution is -2.33. The topological polar surface area (TPSA) is 66.5 Å². The lowest BCUT2D eigenvalue weighted by atomic mass is 9.82. The maximum atomic E-state index is 13.0. The van der Waals surface area contributed by atoms with E-state index in [1.807, 2.05) is 25.1 Å². The van der Waals surface area contributed by atoms with E-state index in [9.17, 15) is 14.4 Å². The summed E-state index contributed by atoms with van der Waals surface area (Å²) in [5.41, 5.74) is 2.41. The van der Waals surface area contributed by atoms with Crippen molar-refractivity contribution in [3.05, 3.63) is 70.2 Å². The Morgan fingerprint density at radius 1 is 1.04 bits per heavy atom. The SMILES string of the molecule is CC1=CC[C@@H]2C(=O)N(c3ccccc3C(=O)Nc3ccc(Br)cc3)C(=O)[C@@H]2C1. The molecule has 0 radical (unpaired) electrons. The van der Waals surface area contributed by atoms with Crippen molar-refractivity contribution < 1.29 is 14.4 Å². The van der Waals surface area contributed by atoms with Gasteiger partial charge in [-0.05, 0) is 56.2 Å². The minimum absolute atomic E-state index is 0.216. The Bertz CT molecular complexity index is 997. The Morgan fingerprint density at radius 2 is 1.71 bits per heavy atom. The average Bonchev–Trinajstić information content (AvgIpc) is 2.93. The molecule has 5 nitrogen and oxygen atoms in total. The van der Waals surface area contributed by atoms with Crippen molar-refractivity contribution in [2.45, 2.75) is 19.8 Å². The fourth-order valence-corrected chi connectivity index (χ4v) is 4.13. The molecule has 142 valence electrons. The van der Waals surface area contributed by atoms with Crippen LogP contribution in [0.2, 0.25) is 0 Å². The molecule has 6 heteroatoms. The van der Waals surface area contributed by atoms with E-state index in [1.165, 1.54) is 4.90 Å². The molecule has 1 saturated heterocycles. The smallest absolute Gasteiger partial charge is 0.257 e. The summed E-state index contributed by atoms with van der Waals surface area (Å²) in [6, 6.07) is 14.0. The molecule has 2 aromatic rings. The summed E-state index contributed by atoms with van der Waals surface area (Å²) in [6.07, 6.45) is 3.20. The summed E-state index contributed by atoms with van der Waals surface area (Å²) in [7, 11) is 0. The summed E-state index contributed by atoms with van der Waals surface area (Å²) in [6.45, 7) is 1.98. The zero-order chi connectivity index (χ0) is 19.8. The highest BCUT2D eigenvalue weighted by Gasteiger charge is 2.49. The van der Waals surface area contributed by atoms with Crippen LogP contribution in [0.15, 0.2) is 64.7 Å². The predicted octanol–water partition coefficient (Wildman–Crippen LogP) is 4.55. The summed E-state index contributed by atoms with van der Waals surface area (Å²) in [5.74, 6) is -1.46. The first-order chi connectivity index (χ1) is 13.5. The molecular formula is C22H19BrN2O3. The van der Waals surface area contributed by atoms with Crippen LogP contribution in [0.1, 0.15) is 30.1 Å². The van der Waals surface area contributed by atoms with E-state index in [1.54, 1.807) is 36.4 Å². The molecule has 1 aliphatic carbocycles. The maximum Gasteiger partial charge on any atom is 0.257 e. The highest BCUT2D eigenvalue weighted by atomic mass is 79.9. The Balaban J connectivity index is 1.65. The normalized spacial score (nSPS) is 21.4. The zero-order valence-electron chi connectivity index (χ0n) is 15.3. The largest absolute Gasteiger partial charge is 0.322 e. The first kappa shape index (κ1) is 18.6. The number of allylic oxidation sites excluding steroid dienone is 2. The van der Waals surface area contributed by atoms with Crippen LogP contribution in [0.3, 0.4) is 0 Å². The van der Waals surface area contributed by atoms with Crippen LogP contribution in [0.5, 0.6) is 0 Å². The fraction of sp³-hybridized carbons (Fsp3) is 0.227. The van der Waals surface area contributed by atoms with Gasteiger partial charge < -0.3 is 5.32 Å². The Kier molecular flexibility index (Phi) is 4.89. The number of rotatable bonds is 3. The van der Waals surface area contributed by atoms with Gasteiger partial charge >= 0.3 is 0 Å². The number of imide groups is 1. The van der Waals surface area contributed by atoms with Crippen molar-refractivity contribution in [2.75, 3.05) is 10.2 Å². The first-order valence-electron chi connectivity index (χ1n) is 9.15. The minimum atomic E-state index is -0.359. The van der Waals surface area contributed by atoms with Gasteiger partial charge in [0.2, 0.25) is 11.8 Å². The van der Waals surface area contributed by atoms with Gasteiger partial charge in [-0.3, -0.25) is 14.4 Å². The summed E-state index contributed by atoms with van der Waals surface area (Å²) < 4.78 is 0.908. The lowest BCUT2D eigenvalue weighted by molar-refractivity contribution is -0.122. The zero-order valence-corrected chi connectivity index (χ0v) is 16.9. The van der Waals surface area contributed by atoms with Gasteiger partial charge in [-0.25, -0.2) is 4.90 Å². The molecule has 0 aromatic heterocycles. The number of carbonyl (C=O) groups excluding carboxylic acids is 3. The predicted molar refractivity (Wildman–Crippen MR) is 111 cm³/mol. The van der Waals surface area contributed by atoms with Crippen LogP contribution < -0.4 is 10.2 Å². The third-order valence-corrected chi connectivity index (χ3v) is 5.84. The molecule has 1 heterocycles. The van der Waals surface area contributed by atoms with Gasteiger partial charge in [-0.2, -0.15) is 0 Å². The number of amides is 3. The van der Waals surface area contributed by atoms with Gasteiger partial charge in [0, 0.05) is 10.2 Å². The van der Waals surface area contributed by atoms with Gasteiger partial charge in [0.15, 0.2) is 0 Å². The van der Waals surface area contributed by atoms with Gasteiger partial charge in [-0.15, -0.1) is 0 Å². The number of benzene rings is 2. The molecule has 4 rings (SSSR count). The van der Waals surface area contributed by atoms with Crippen LogP contribution in [0, 0.1) is 11.8 Å². The molecule has 1 fully saturated rings. The molecule has 2 aromatic carbocycles. The number of anilines is 2. The van der Waals surface area contributed by atoms with Crippen molar-refractivity contribution >= 4 is 45.0 Å². The minimum Gasteiger partial charge on any atom is -0.322 e. The molecule has 1 aliphatic heterocycles. The van der Waals surface area contributed by atoms with Crippen molar-refractivity contribution in [3.63, 3.8) is 0 Å². The molecular weight excluding hydrogens is 420 g/mol. The van der Waals surface area contributed by atoms with E-state index in [0.717, 1.165) is 10.0 Å². The number of carbonyl (C=O) groups is 3. The standard InChI is InChI=1S/C22H19BrN2O3/c1-13-6-11-16-18(12-13)22(28)25(21(16)27)19-5-3-2-4-17(19)20(26)24-15-9-7-14(23)8-10-15/h2-10,16,18H,11-12H2,1H3,(H,24,26)/t16-,18+/m0/s1. The summed E-state index contributed by atoms with van der Waals surface area (Å²) in [5, 5.41) is 2.83.